The molecule has 27 heavy (non-hydrogen) atoms. The third-order valence-corrected chi connectivity index (χ3v) is 5.20. The predicted octanol–water partition coefficient (Wildman–Crippen LogP) is 0.886. The van der Waals surface area contributed by atoms with Crippen LogP contribution in [-0.2, 0) is 27.8 Å². The van der Waals surface area contributed by atoms with E-state index in [9.17, 15) is 19.5 Å². The molecule has 0 spiro atoms. The molecule has 1 aliphatic heterocycles. The maximum absolute atomic E-state index is 12.8. The molecule has 0 atom stereocenters. The number of aromatic nitrogens is 1. The molecule has 1 amide bonds. The lowest BCUT2D eigenvalue weighted by Gasteiger charge is -2.31. The minimum atomic E-state index is -1.29. The second-order valence-corrected chi connectivity index (χ2v) is 6.77. The van der Waals surface area contributed by atoms with Gasteiger partial charge in [-0.1, -0.05) is 18.2 Å². The smallest absolute Gasteiger partial charge is 0.309 e. The average molecular weight is 371 g/mol. The standard InChI is InChI=1S/C20H24N2O5/c1-3-27-20(26)13-8-10-22(11-9-13)17(23)12-15-14-6-4-5-7-16(14)21(2)18(15)19(24)25/h4-7,13H,3,8-12H2,1-2H3,(H,24,25)/p-1. The van der Waals surface area contributed by atoms with Gasteiger partial charge in [0.1, 0.15) is 0 Å². The molecule has 1 saturated heterocycles. The summed E-state index contributed by atoms with van der Waals surface area (Å²) in [7, 11) is 1.66. The van der Waals surface area contributed by atoms with Crippen LogP contribution >= 0.6 is 0 Å². The molecule has 1 aromatic carbocycles. The SMILES string of the molecule is CCOC(=O)C1CCN(C(=O)Cc2c(C(=O)[O-])n(C)c3ccccc23)CC1. The van der Waals surface area contributed by atoms with E-state index in [4.69, 9.17) is 4.74 Å². The summed E-state index contributed by atoms with van der Waals surface area (Å²) in [6, 6.07) is 7.28. The van der Waals surface area contributed by atoms with E-state index in [0.717, 1.165) is 10.9 Å². The fraction of sp³-hybridized carbons (Fsp3) is 0.450. The van der Waals surface area contributed by atoms with Gasteiger partial charge in [0.05, 0.1) is 30.6 Å². The second kappa shape index (κ2) is 7.82. The highest BCUT2D eigenvalue weighted by molar-refractivity contribution is 6.00. The van der Waals surface area contributed by atoms with E-state index in [1.165, 1.54) is 0 Å². The second-order valence-electron chi connectivity index (χ2n) is 6.77. The van der Waals surface area contributed by atoms with Crippen molar-refractivity contribution in [1.29, 1.82) is 0 Å². The maximum Gasteiger partial charge on any atom is 0.309 e. The Labute approximate surface area is 157 Å². The number of carboxylic acids is 1. The summed E-state index contributed by atoms with van der Waals surface area (Å²) in [5, 5.41) is 12.4. The van der Waals surface area contributed by atoms with Crippen molar-refractivity contribution in [3.05, 3.63) is 35.5 Å². The lowest BCUT2D eigenvalue weighted by Crippen LogP contribution is -2.41. The van der Waals surface area contributed by atoms with Crippen molar-refractivity contribution in [3.8, 4) is 0 Å². The number of carboxylic acid groups (broad SMARTS) is 1. The van der Waals surface area contributed by atoms with E-state index in [2.05, 4.69) is 0 Å². The zero-order valence-corrected chi connectivity index (χ0v) is 15.6. The van der Waals surface area contributed by atoms with Gasteiger partial charge < -0.3 is 24.1 Å². The number of nitrogens with zero attached hydrogens (tertiary/aromatic N) is 2. The fourth-order valence-corrected chi connectivity index (χ4v) is 3.80. The van der Waals surface area contributed by atoms with Gasteiger partial charge in [-0.25, -0.2) is 0 Å². The van der Waals surface area contributed by atoms with Crippen molar-refractivity contribution >= 4 is 28.7 Å². The van der Waals surface area contributed by atoms with Crippen molar-refractivity contribution in [1.82, 2.24) is 9.47 Å². The number of fused-ring (bicyclic) bond motifs is 1. The van der Waals surface area contributed by atoms with Crippen LogP contribution < -0.4 is 5.11 Å². The number of esters is 1. The molecule has 0 aliphatic carbocycles. The largest absolute Gasteiger partial charge is 0.543 e. The van der Waals surface area contributed by atoms with Crippen molar-refractivity contribution < 1.29 is 24.2 Å². The van der Waals surface area contributed by atoms with Gasteiger partial charge in [0.2, 0.25) is 5.91 Å². The van der Waals surface area contributed by atoms with E-state index in [0.29, 0.717) is 38.1 Å². The molecule has 7 nitrogen and oxygen atoms in total. The Morgan fingerprint density at radius 1 is 1.19 bits per heavy atom. The average Bonchev–Trinajstić information content (AvgIpc) is 2.94. The van der Waals surface area contributed by atoms with Crippen LogP contribution in [0.15, 0.2) is 24.3 Å². The highest BCUT2D eigenvalue weighted by Gasteiger charge is 2.29. The first-order valence-corrected chi connectivity index (χ1v) is 9.16. The molecule has 0 unspecified atom stereocenters. The number of amides is 1. The number of rotatable bonds is 5. The van der Waals surface area contributed by atoms with Crippen LogP contribution in [0.1, 0.15) is 35.8 Å². The van der Waals surface area contributed by atoms with Gasteiger partial charge in [0.25, 0.3) is 0 Å². The Kier molecular flexibility index (Phi) is 5.48. The third kappa shape index (κ3) is 3.67. The number of piperidine rings is 1. The number of ether oxygens (including phenoxy) is 1. The molecular formula is C20H23N2O5-. The van der Waals surface area contributed by atoms with E-state index in [1.54, 1.807) is 23.4 Å². The number of carbonyl (C=O) groups excluding carboxylic acids is 3. The number of hydrogen-bond donors (Lipinski definition) is 0. The molecule has 1 fully saturated rings. The zero-order chi connectivity index (χ0) is 19.6. The van der Waals surface area contributed by atoms with Crippen molar-refractivity contribution in [2.24, 2.45) is 13.0 Å². The van der Waals surface area contributed by atoms with Gasteiger partial charge in [0.15, 0.2) is 0 Å². The summed E-state index contributed by atoms with van der Waals surface area (Å²) < 4.78 is 6.60. The monoisotopic (exact) mass is 371 g/mol. The lowest BCUT2D eigenvalue weighted by atomic mass is 9.96. The normalized spacial score (nSPS) is 15.1. The van der Waals surface area contributed by atoms with E-state index in [-0.39, 0.29) is 29.9 Å². The van der Waals surface area contributed by atoms with Crippen LogP contribution in [0.2, 0.25) is 0 Å². The summed E-state index contributed by atoms with van der Waals surface area (Å²) >= 11 is 0. The molecule has 144 valence electrons. The van der Waals surface area contributed by atoms with E-state index in [1.807, 2.05) is 24.3 Å². The van der Waals surface area contributed by atoms with Crippen molar-refractivity contribution in [3.63, 3.8) is 0 Å². The van der Waals surface area contributed by atoms with Gasteiger partial charge in [-0.2, -0.15) is 0 Å². The number of benzene rings is 1. The maximum atomic E-state index is 12.8. The van der Waals surface area contributed by atoms with Crippen LogP contribution in [0.4, 0.5) is 0 Å². The molecule has 2 heterocycles. The van der Waals surface area contributed by atoms with Gasteiger partial charge in [-0.05, 0) is 31.4 Å². The minimum Gasteiger partial charge on any atom is -0.543 e. The molecular weight excluding hydrogens is 348 g/mol. The number of carbonyl (C=O) groups is 3. The Balaban J connectivity index is 1.77. The summed E-state index contributed by atoms with van der Waals surface area (Å²) in [6.07, 6.45) is 1.12. The van der Waals surface area contributed by atoms with Crippen LogP contribution in [0.5, 0.6) is 0 Å². The Morgan fingerprint density at radius 3 is 2.48 bits per heavy atom. The number of hydrogen-bond acceptors (Lipinski definition) is 5. The molecule has 1 aliphatic rings. The predicted molar refractivity (Wildman–Crippen MR) is 96.9 cm³/mol. The molecule has 0 saturated carbocycles. The van der Waals surface area contributed by atoms with E-state index < -0.39 is 5.97 Å². The minimum absolute atomic E-state index is 0.00522. The summed E-state index contributed by atoms with van der Waals surface area (Å²) in [6.45, 7) is 3.06. The molecule has 0 N–H and O–H groups in total. The van der Waals surface area contributed by atoms with Crippen molar-refractivity contribution in [2.75, 3.05) is 19.7 Å². The third-order valence-electron chi connectivity index (χ3n) is 5.20. The summed E-state index contributed by atoms with van der Waals surface area (Å²) in [5.41, 5.74) is 1.26. The first-order valence-electron chi connectivity index (χ1n) is 9.16. The first-order chi connectivity index (χ1) is 12.9. The number of para-hydroxylation sites is 1. The van der Waals surface area contributed by atoms with Crippen LogP contribution in [0.3, 0.4) is 0 Å². The molecule has 7 heteroatoms. The fourth-order valence-electron chi connectivity index (χ4n) is 3.80. The number of likely N-dealkylation sites (tertiary alicyclic amines) is 1. The number of aryl methyl sites for hydroxylation is 1. The topological polar surface area (TPSA) is 91.7 Å². The van der Waals surface area contributed by atoms with Crippen molar-refractivity contribution in [2.45, 2.75) is 26.2 Å². The van der Waals surface area contributed by atoms with Gasteiger partial charge in [0, 0.05) is 31.0 Å². The zero-order valence-electron chi connectivity index (χ0n) is 15.6. The van der Waals surface area contributed by atoms with Gasteiger partial charge >= 0.3 is 5.97 Å². The molecule has 1 aromatic heterocycles. The summed E-state index contributed by atoms with van der Waals surface area (Å²) in [4.78, 5) is 38.0. The van der Waals surface area contributed by atoms with Crippen LogP contribution in [-0.4, -0.2) is 47.0 Å². The molecule has 0 bridgehead atoms. The Hall–Kier alpha value is -2.83. The number of aromatic carboxylic acids is 1. The van der Waals surface area contributed by atoms with Crippen LogP contribution in [0, 0.1) is 5.92 Å². The molecule has 3 rings (SSSR count). The van der Waals surface area contributed by atoms with E-state index >= 15 is 0 Å². The molecule has 2 aromatic rings. The quantitative estimate of drug-likeness (QED) is 0.728. The Morgan fingerprint density at radius 2 is 1.85 bits per heavy atom. The van der Waals surface area contributed by atoms with Gasteiger partial charge in [-0.15, -0.1) is 0 Å². The Bertz CT molecular complexity index is 878. The highest BCUT2D eigenvalue weighted by Crippen LogP contribution is 2.27. The first kappa shape index (κ1) is 18.9. The lowest BCUT2D eigenvalue weighted by molar-refractivity contribution is -0.255. The van der Waals surface area contributed by atoms with Crippen LogP contribution in [0.25, 0.3) is 10.9 Å². The summed E-state index contributed by atoms with van der Waals surface area (Å²) in [5.74, 6) is -1.82. The highest BCUT2D eigenvalue weighted by atomic mass is 16.5. The van der Waals surface area contributed by atoms with Gasteiger partial charge in [-0.3, -0.25) is 9.59 Å². The molecule has 0 radical (unpaired) electrons.